The summed E-state index contributed by atoms with van der Waals surface area (Å²) < 4.78 is 4.46. The van der Waals surface area contributed by atoms with Gasteiger partial charge in [0.15, 0.2) is 0 Å². The molecule has 0 saturated carbocycles. The molecule has 5 heteroatoms. The van der Waals surface area contributed by atoms with Gasteiger partial charge in [-0.05, 0) is 19.1 Å². The van der Waals surface area contributed by atoms with Crippen molar-refractivity contribution in [3.63, 3.8) is 0 Å². The zero-order valence-corrected chi connectivity index (χ0v) is 9.97. The van der Waals surface area contributed by atoms with Gasteiger partial charge in [-0.25, -0.2) is 0 Å². The average Bonchev–Trinajstić information content (AvgIpc) is 2.36. The van der Waals surface area contributed by atoms with Gasteiger partial charge in [-0.3, -0.25) is 14.6 Å². The summed E-state index contributed by atoms with van der Waals surface area (Å²) in [5.74, 6) is -0.570. The van der Waals surface area contributed by atoms with E-state index in [0.717, 1.165) is 5.69 Å². The van der Waals surface area contributed by atoms with Crippen LogP contribution in [0, 0.1) is 0 Å². The third-order valence-electron chi connectivity index (χ3n) is 2.29. The van der Waals surface area contributed by atoms with Gasteiger partial charge in [0.2, 0.25) is 5.91 Å². The van der Waals surface area contributed by atoms with Crippen LogP contribution in [0.3, 0.4) is 0 Å². The highest BCUT2D eigenvalue weighted by molar-refractivity contribution is 5.81. The van der Waals surface area contributed by atoms with E-state index in [9.17, 15) is 9.59 Å². The molecule has 92 valence electrons. The first-order valence-corrected chi connectivity index (χ1v) is 5.40. The quantitative estimate of drug-likeness (QED) is 0.780. The zero-order valence-electron chi connectivity index (χ0n) is 9.97. The molecule has 1 unspecified atom stereocenters. The van der Waals surface area contributed by atoms with Crippen molar-refractivity contribution in [2.75, 3.05) is 7.11 Å². The number of rotatable bonds is 5. The van der Waals surface area contributed by atoms with Crippen LogP contribution in [0.25, 0.3) is 0 Å². The van der Waals surface area contributed by atoms with Gasteiger partial charge < -0.3 is 10.1 Å². The highest BCUT2D eigenvalue weighted by Gasteiger charge is 2.11. The van der Waals surface area contributed by atoms with Crippen LogP contribution in [0.4, 0.5) is 0 Å². The Bertz CT molecular complexity index is 379. The highest BCUT2D eigenvalue weighted by Crippen LogP contribution is 2.08. The van der Waals surface area contributed by atoms with Gasteiger partial charge in [0.25, 0.3) is 0 Å². The summed E-state index contributed by atoms with van der Waals surface area (Å²) in [6, 6.07) is 5.35. The summed E-state index contributed by atoms with van der Waals surface area (Å²) in [7, 11) is 1.30. The van der Waals surface area contributed by atoms with Crippen molar-refractivity contribution in [2.45, 2.75) is 25.8 Å². The van der Waals surface area contributed by atoms with Crippen LogP contribution in [0.15, 0.2) is 24.4 Å². The minimum atomic E-state index is -0.384. The maximum absolute atomic E-state index is 11.5. The summed E-state index contributed by atoms with van der Waals surface area (Å²) in [4.78, 5) is 26.5. The van der Waals surface area contributed by atoms with Crippen molar-refractivity contribution < 1.29 is 14.3 Å². The fourth-order valence-electron chi connectivity index (χ4n) is 1.34. The van der Waals surface area contributed by atoms with Crippen LogP contribution in [-0.4, -0.2) is 24.0 Å². The van der Waals surface area contributed by atoms with E-state index in [1.165, 1.54) is 7.11 Å². The van der Waals surface area contributed by atoms with Crippen LogP contribution in [0.5, 0.6) is 0 Å². The Hall–Kier alpha value is -1.91. The molecule has 1 aromatic heterocycles. The van der Waals surface area contributed by atoms with Gasteiger partial charge in [-0.15, -0.1) is 0 Å². The predicted molar refractivity (Wildman–Crippen MR) is 62.0 cm³/mol. The molecule has 0 spiro atoms. The van der Waals surface area contributed by atoms with Crippen LogP contribution in [-0.2, 0) is 14.3 Å². The summed E-state index contributed by atoms with van der Waals surface area (Å²) in [6.07, 6.45) is 1.90. The Balaban J connectivity index is 2.39. The van der Waals surface area contributed by atoms with Crippen molar-refractivity contribution in [1.29, 1.82) is 0 Å². The SMILES string of the molecule is COC(=O)CCC(=O)NC(C)c1ccccn1. The lowest BCUT2D eigenvalue weighted by molar-refractivity contribution is -0.142. The van der Waals surface area contributed by atoms with Crippen molar-refractivity contribution in [3.8, 4) is 0 Å². The lowest BCUT2D eigenvalue weighted by atomic mass is 10.2. The van der Waals surface area contributed by atoms with Crippen LogP contribution < -0.4 is 5.32 Å². The summed E-state index contributed by atoms with van der Waals surface area (Å²) in [5.41, 5.74) is 0.791. The molecule has 17 heavy (non-hydrogen) atoms. The minimum absolute atomic E-state index is 0.0945. The number of ether oxygens (including phenoxy) is 1. The van der Waals surface area contributed by atoms with Gasteiger partial charge in [-0.2, -0.15) is 0 Å². The molecule has 1 atom stereocenters. The molecule has 0 bridgehead atoms. The number of carbonyl (C=O) groups excluding carboxylic acids is 2. The fraction of sp³-hybridized carbons (Fsp3) is 0.417. The Morgan fingerprint density at radius 1 is 1.41 bits per heavy atom. The van der Waals surface area contributed by atoms with E-state index in [-0.39, 0.29) is 30.8 Å². The van der Waals surface area contributed by atoms with Gasteiger partial charge in [-0.1, -0.05) is 6.07 Å². The summed E-state index contributed by atoms with van der Waals surface area (Å²) >= 11 is 0. The maximum atomic E-state index is 11.5. The molecule has 0 aliphatic rings. The van der Waals surface area contributed by atoms with Crippen molar-refractivity contribution in [1.82, 2.24) is 10.3 Å². The first kappa shape index (κ1) is 13.2. The van der Waals surface area contributed by atoms with Crippen LogP contribution >= 0.6 is 0 Å². The Morgan fingerprint density at radius 3 is 2.76 bits per heavy atom. The van der Waals surface area contributed by atoms with Gasteiger partial charge >= 0.3 is 5.97 Å². The van der Waals surface area contributed by atoms with E-state index < -0.39 is 0 Å². The van der Waals surface area contributed by atoms with E-state index in [0.29, 0.717) is 0 Å². The number of aromatic nitrogens is 1. The smallest absolute Gasteiger partial charge is 0.306 e. The lowest BCUT2D eigenvalue weighted by Crippen LogP contribution is -2.27. The van der Waals surface area contributed by atoms with E-state index in [2.05, 4.69) is 15.0 Å². The average molecular weight is 236 g/mol. The van der Waals surface area contributed by atoms with Gasteiger partial charge in [0.1, 0.15) is 0 Å². The number of carbonyl (C=O) groups is 2. The number of esters is 1. The van der Waals surface area contributed by atoms with Crippen LogP contribution in [0.2, 0.25) is 0 Å². The molecule has 1 heterocycles. The highest BCUT2D eigenvalue weighted by atomic mass is 16.5. The Labute approximate surface area is 100 Å². The molecule has 0 aromatic carbocycles. The third-order valence-corrected chi connectivity index (χ3v) is 2.29. The van der Waals surface area contributed by atoms with Gasteiger partial charge in [0, 0.05) is 12.6 Å². The maximum Gasteiger partial charge on any atom is 0.306 e. The number of nitrogens with zero attached hydrogens (tertiary/aromatic N) is 1. The second-order valence-electron chi connectivity index (χ2n) is 3.62. The largest absolute Gasteiger partial charge is 0.469 e. The predicted octanol–water partition coefficient (Wildman–Crippen LogP) is 1.21. The van der Waals surface area contributed by atoms with Crippen molar-refractivity contribution in [2.24, 2.45) is 0 Å². The van der Waals surface area contributed by atoms with E-state index in [1.54, 1.807) is 6.20 Å². The molecule has 0 aliphatic heterocycles. The second-order valence-corrected chi connectivity index (χ2v) is 3.62. The molecule has 0 saturated heterocycles. The van der Waals surface area contributed by atoms with E-state index in [1.807, 2.05) is 25.1 Å². The summed E-state index contributed by atoms with van der Waals surface area (Å²) in [6.45, 7) is 1.85. The molecule has 1 amide bonds. The number of methoxy groups -OCH3 is 1. The Morgan fingerprint density at radius 2 is 2.18 bits per heavy atom. The molecule has 1 rings (SSSR count). The first-order valence-electron chi connectivity index (χ1n) is 5.40. The minimum Gasteiger partial charge on any atom is -0.469 e. The molecule has 0 fully saturated rings. The van der Waals surface area contributed by atoms with Crippen molar-refractivity contribution >= 4 is 11.9 Å². The number of amides is 1. The van der Waals surface area contributed by atoms with Gasteiger partial charge in [0.05, 0.1) is 25.3 Å². The van der Waals surface area contributed by atoms with Crippen LogP contribution in [0.1, 0.15) is 31.5 Å². The monoisotopic (exact) mass is 236 g/mol. The molecular weight excluding hydrogens is 220 g/mol. The number of nitrogens with one attached hydrogen (secondary N) is 1. The number of hydrogen-bond donors (Lipinski definition) is 1. The lowest BCUT2D eigenvalue weighted by Gasteiger charge is -2.12. The molecule has 0 aliphatic carbocycles. The Kier molecular flexibility index (Phi) is 5.13. The third kappa shape index (κ3) is 4.63. The second kappa shape index (κ2) is 6.62. The van der Waals surface area contributed by atoms with E-state index in [4.69, 9.17) is 0 Å². The molecule has 0 radical (unpaired) electrons. The zero-order chi connectivity index (χ0) is 12.7. The summed E-state index contributed by atoms with van der Waals surface area (Å²) in [5, 5.41) is 2.77. The topological polar surface area (TPSA) is 68.3 Å². The van der Waals surface area contributed by atoms with Crippen molar-refractivity contribution in [3.05, 3.63) is 30.1 Å². The standard InChI is InChI=1S/C12H16N2O3/c1-9(10-5-3-4-8-13-10)14-11(15)6-7-12(16)17-2/h3-5,8-9H,6-7H2,1-2H3,(H,14,15). The fourth-order valence-corrected chi connectivity index (χ4v) is 1.34. The molecule has 1 N–H and O–H groups in total. The normalized spacial score (nSPS) is 11.6. The number of hydrogen-bond acceptors (Lipinski definition) is 4. The molecule has 5 nitrogen and oxygen atoms in total. The number of pyridine rings is 1. The molecule has 1 aromatic rings. The molecular formula is C12H16N2O3. The first-order chi connectivity index (χ1) is 8.13. The van der Waals surface area contributed by atoms with E-state index >= 15 is 0 Å².